The van der Waals surface area contributed by atoms with E-state index in [-0.39, 0.29) is 12.0 Å². The van der Waals surface area contributed by atoms with Crippen LogP contribution in [0.15, 0.2) is 121 Å². The summed E-state index contributed by atoms with van der Waals surface area (Å²) in [5.41, 5.74) is -0.659. The van der Waals surface area contributed by atoms with E-state index >= 15 is 0 Å². The molecule has 220 valence electrons. The molecular weight excluding hydrogens is 561 g/mol. The zero-order chi connectivity index (χ0) is 30.6. The Labute approximate surface area is 251 Å². The second-order valence-corrected chi connectivity index (χ2v) is 14.4. The highest BCUT2D eigenvalue weighted by Gasteiger charge is 2.58. The lowest BCUT2D eigenvalue weighted by Gasteiger charge is -2.53. The van der Waals surface area contributed by atoms with Gasteiger partial charge in [0.05, 0.1) is 24.0 Å². The molecule has 0 bridgehead atoms. The third-order valence-electron chi connectivity index (χ3n) is 7.74. The van der Waals surface area contributed by atoms with E-state index in [1.165, 1.54) is 18.7 Å². The molecule has 4 aromatic rings. The van der Waals surface area contributed by atoms with Crippen LogP contribution in [0.2, 0.25) is 0 Å². The van der Waals surface area contributed by atoms with Gasteiger partial charge in [-0.05, 0) is 35.3 Å². The number of hydrogen-bond acceptors (Lipinski definition) is 5. The van der Waals surface area contributed by atoms with Crippen LogP contribution < -0.4 is 15.9 Å². The summed E-state index contributed by atoms with van der Waals surface area (Å²) >= 11 is 0. The average Bonchev–Trinajstić information content (AvgIpc) is 3.00. The predicted molar refractivity (Wildman–Crippen MR) is 169 cm³/mol. The molecule has 7 nitrogen and oxygen atoms in total. The molecule has 4 aromatic carbocycles. The van der Waals surface area contributed by atoms with Gasteiger partial charge in [-0.1, -0.05) is 121 Å². The zero-order valence-electron chi connectivity index (χ0n) is 24.0. The van der Waals surface area contributed by atoms with E-state index in [9.17, 15) is 24.6 Å². The minimum absolute atomic E-state index is 0.0396. The number of carboxylic acids is 1. The molecule has 1 aliphatic rings. The molecule has 43 heavy (non-hydrogen) atoms. The first-order valence-corrected chi connectivity index (χ1v) is 15.9. The van der Waals surface area contributed by atoms with Crippen molar-refractivity contribution in [2.75, 3.05) is 0 Å². The Kier molecular flexibility index (Phi) is 8.67. The Morgan fingerprint density at radius 2 is 1.19 bits per heavy atom. The highest BCUT2D eigenvalue weighted by atomic mass is 31.2. The SMILES string of the molecule is CC(C)(O)C1C(=O)N(C(C(=O)OCc2ccccc2)=P(c2ccccc2)(c2ccccc2)c2ccccc2)C1CC(=O)O. The number of amides is 1. The third kappa shape index (κ3) is 5.79. The fraction of sp³-hybridized carbons (Fsp3) is 0.200. The van der Waals surface area contributed by atoms with E-state index in [0.29, 0.717) is 0 Å². The molecule has 1 aliphatic heterocycles. The number of β-lactam (4-membered cyclic amide) rings is 1. The summed E-state index contributed by atoms with van der Waals surface area (Å²) in [5, 5.41) is 23.3. The second kappa shape index (κ2) is 12.4. The molecule has 0 aliphatic carbocycles. The molecule has 1 heterocycles. The van der Waals surface area contributed by atoms with E-state index < -0.39 is 48.7 Å². The number of aliphatic hydroxyl groups is 1. The van der Waals surface area contributed by atoms with Crippen LogP contribution in [-0.2, 0) is 25.7 Å². The minimum atomic E-state index is -3.19. The Balaban J connectivity index is 1.89. The average molecular weight is 596 g/mol. The molecule has 0 spiro atoms. The largest absolute Gasteiger partial charge is 0.481 e. The first kappa shape index (κ1) is 30.0. The quantitative estimate of drug-likeness (QED) is 0.164. The number of rotatable bonds is 10. The Hall–Kier alpha value is -4.45. The van der Waals surface area contributed by atoms with Crippen molar-refractivity contribution in [3.05, 3.63) is 127 Å². The smallest absolute Gasteiger partial charge is 0.356 e. The van der Waals surface area contributed by atoms with Crippen molar-refractivity contribution in [3.8, 4) is 0 Å². The third-order valence-corrected chi connectivity index (χ3v) is 12.0. The first-order chi connectivity index (χ1) is 20.7. The van der Waals surface area contributed by atoms with Crippen LogP contribution in [-0.4, -0.2) is 50.0 Å². The van der Waals surface area contributed by atoms with E-state index in [4.69, 9.17) is 4.74 Å². The van der Waals surface area contributed by atoms with Gasteiger partial charge in [0.1, 0.15) is 12.0 Å². The highest BCUT2D eigenvalue weighted by molar-refractivity contribution is 7.96. The summed E-state index contributed by atoms with van der Waals surface area (Å²) in [4.78, 5) is 42.2. The molecule has 0 saturated carbocycles. The van der Waals surface area contributed by atoms with E-state index in [1.54, 1.807) is 0 Å². The van der Waals surface area contributed by atoms with Gasteiger partial charge in [-0.3, -0.25) is 9.59 Å². The molecule has 1 fully saturated rings. The van der Waals surface area contributed by atoms with E-state index in [2.05, 4.69) is 0 Å². The van der Waals surface area contributed by atoms with Crippen LogP contribution in [0.4, 0.5) is 0 Å². The maximum atomic E-state index is 14.6. The number of carbonyl (C=O) groups is 3. The monoisotopic (exact) mass is 595 g/mol. The maximum absolute atomic E-state index is 14.6. The number of aliphatic carboxylic acids is 1. The number of likely N-dealkylation sites (tertiary alicyclic amines) is 1. The van der Waals surface area contributed by atoms with Crippen molar-refractivity contribution in [3.63, 3.8) is 0 Å². The lowest BCUT2D eigenvalue weighted by molar-refractivity contribution is -0.168. The van der Waals surface area contributed by atoms with Gasteiger partial charge in [0.15, 0.2) is 0 Å². The van der Waals surface area contributed by atoms with Crippen LogP contribution in [0.5, 0.6) is 0 Å². The van der Waals surface area contributed by atoms with Gasteiger partial charge in [-0.2, -0.15) is 0 Å². The Bertz CT molecular complexity index is 1550. The van der Waals surface area contributed by atoms with Crippen LogP contribution in [0.25, 0.3) is 0 Å². The highest BCUT2D eigenvalue weighted by Crippen LogP contribution is 2.50. The minimum Gasteiger partial charge on any atom is -0.481 e. The second-order valence-electron chi connectivity index (χ2n) is 11.1. The Morgan fingerprint density at radius 1 is 0.767 bits per heavy atom. The van der Waals surface area contributed by atoms with Gasteiger partial charge in [0.2, 0.25) is 5.91 Å². The summed E-state index contributed by atoms with van der Waals surface area (Å²) in [6.45, 7) is -0.248. The number of benzene rings is 4. The molecular formula is C35H34NO6P. The summed E-state index contributed by atoms with van der Waals surface area (Å²) in [5.74, 6) is -3.40. The molecule has 2 unspecified atom stereocenters. The van der Waals surface area contributed by atoms with E-state index in [1.807, 2.05) is 121 Å². The molecule has 0 aromatic heterocycles. The summed E-state index contributed by atoms with van der Waals surface area (Å²) in [6, 6.07) is 36.8. The fourth-order valence-electron chi connectivity index (χ4n) is 5.92. The van der Waals surface area contributed by atoms with Crippen molar-refractivity contribution < 1.29 is 29.3 Å². The fourth-order valence-corrected chi connectivity index (χ4v) is 10.3. The molecule has 1 amide bonds. The number of carboxylic acid groups (broad SMARTS) is 1. The topological polar surface area (TPSA) is 104 Å². The van der Waals surface area contributed by atoms with Crippen LogP contribution in [0.1, 0.15) is 25.8 Å². The van der Waals surface area contributed by atoms with Gasteiger partial charge >= 0.3 is 11.9 Å². The van der Waals surface area contributed by atoms with Gasteiger partial charge < -0.3 is 19.8 Å². The lowest BCUT2D eigenvalue weighted by atomic mass is 9.74. The van der Waals surface area contributed by atoms with Gasteiger partial charge in [-0.25, -0.2) is 4.79 Å². The zero-order valence-corrected chi connectivity index (χ0v) is 24.9. The van der Waals surface area contributed by atoms with Crippen LogP contribution in [0.3, 0.4) is 0 Å². The van der Waals surface area contributed by atoms with Crippen LogP contribution >= 0.6 is 6.89 Å². The molecule has 5 rings (SSSR count). The van der Waals surface area contributed by atoms with Crippen molar-refractivity contribution >= 4 is 46.1 Å². The van der Waals surface area contributed by atoms with Crippen LogP contribution in [0, 0.1) is 5.92 Å². The number of hydrogen-bond donors (Lipinski definition) is 2. The lowest BCUT2D eigenvalue weighted by Crippen LogP contribution is -2.71. The summed E-state index contributed by atoms with van der Waals surface area (Å²) < 4.78 is 5.99. The standard InChI is InChI=1S/C35H34NO6P/c1-35(2,41)31-29(23-30(37)38)36(32(31)39)33(34(40)42-24-25-15-7-3-8-16-25)43(26-17-9-4-10-18-26,27-19-11-5-12-20-27)28-21-13-6-14-22-28/h3-22,29,31,41H,23-24H2,1-2H3,(H,37,38). The number of carbonyl (C=O) groups excluding carboxylic acids is 2. The van der Waals surface area contributed by atoms with Crippen molar-refractivity contribution in [2.24, 2.45) is 5.92 Å². The van der Waals surface area contributed by atoms with Gasteiger partial charge in [0, 0.05) is 6.89 Å². The molecule has 2 N–H and O–H groups in total. The molecule has 0 radical (unpaired) electrons. The van der Waals surface area contributed by atoms with Gasteiger partial charge in [-0.15, -0.1) is 0 Å². The number of ether oxygens (including phenoxy) is 1. The first-order valence-electron chi connectivity index (χ1n) is 14.1. The predicted octanol–water partition coefficient (Wildman–Crippen LogP) is 3.93. The molecule has 1 saturated heterocycles. The van der Waals surface area contributed by atoms with Crippen molar-refractivity contribution in [1.82, 2.24) is 4.90 Å². The molecule has 2 atom stereocenters. The molecule has 8 heteroatoms. The number of nitrogens with zero attached hydrogens (tertiary/aromatic N) is 1. The maximum Gasteiger partial charge on any atom is 0.356 e. The van der Waals surface area contributed by atoms with Crippen molar-refractivity contribution in [1.29, 1.82) is 0 Å². The van der Waals surface area contributed by atoms with Crippen molar-refractivity contribution in [2.45, 2.75) is 38.5 Å². The Morgan fingerprint density at radius 3 is 1.58 bits per heavy atom. The normalized spacial score (nSPS) is 16.7. The van der Waals surface area contributed by atoms with Gasteiger partial charge in [0.25, 0.3) is 0 Å². The summed E-state index contributed by atoms with van der Waals surface area (Å²) in [6.07, 6.45) is -0.450. The summed E-state index contributed by atoms with van der Waals surface area (Å²) in [7, 11) is 0. The van der Waals surface area contributed by atoms with E-state index in [0.717, 1.165) is 21.5 Å². The number of esters is 1.